The fourth-order valence-corrected chi connectivity index (χ4v) is 6.02. The number of unbranched alkanes of at least 4 members (excludes halogenated alkanes) is 1. The molecule has 2 unspecified atom stereocenters. The highest BCUT2D eigenvalue weighted by molar-refractivity contribution is 5.94. The minimum atomic E-state index is -0.745. The second kappa shape index (κ2) is 8.61. The molecule has 31 heavy (non-hydrogen) atoms. The zero-order valence-electron chi connectivity index (χ0n) is 18.0. The number of rotatable bonds is 8. The van der Waals surface area contributed by atoms with Gasteiger partial charge in [0.25, 0.3) is 5.91 Å². The topological polar surface area (TPSA) is 102 Å². The number of aliphatic hydroxyl groups is 1. The lowest BCUT2D eigenvalue weighted by Crippen LogP contribution is -2.58. The van der Waals surface area contributed by atoms with Crippen molar-refractivity contribution in [3.63, 3.8) is 0 Å². The van der Waals surface area contributed by atoms with Gasteiger partial charge in [0.2, 0.25) is 0 Å². The molecule has 0 saturated heterocycles. The molecule has 0 aliphatic heterocycles. The summed E-state index contributed by atoms with van der Waals surface area (Å²) in [6.07, 6.45) is 6.36. The maximum absolute atomic E-state index is 12.9. The highest BCUT2D eigenvalue weighted by Gasteiger charge is 2.60. The zero-order chi connectivity index (χ0) is 22.1. The van der Waals surface area contributed by atoms with Crippen LogP contribution < -0.4 is 5.32 Å². The van der Waals surface area contributed by atoms with Crippen molar-refractivity contribution in [3.05, 3.63) is 29.8 Å². The van der Waals surface area contributed by atoms with E-state index in [4.69, 9.17) is 9.47 Å². The van der Waals surface area contributed by atoms with Crippen molar-refractivity contribution in [1.29, 1.82) is 0 Å². The Labute approximate surface area is 182 Å². The van der Waals surface area contributed by atoms with Crippen LogP contribution in [0.3, 0.4) is 0 Å². The van der Waals surface area contributed by atoms with Crippen molar-refractivity contribution in [2.75, 3.05) is 18.5 Å². The number of amides is 1. The number of benzene rings is 1. The molecule has 4 saturated carbocycles. The Morgan fingerprint density at radius 2 is 1.74 bits per heavy atom. The summed E-state index contributed by atoms with van der Waals surface area (Å²) in [5.41, 5.74) is -0.459. The lowest BCUT2D eigenvalue weighted by atomic mass is 9.48. The number of anilines is 1. The molecular weight excluding hydrogens is 398 g/mol. The Morgan fingerprint density at radius 3 is 2.35 bits per heavy atom. The van der Waals surface area contributed by atoms with Crippen LogP contribution in [0.2, 0.25) is 0 Å². The van der Waals surface area contributed by atoms with E-state index >= 15 is 0 Å². The molecule has 1 aromatic rings. The standard InChI is InChI=1S/C24H31NO6/c1-2-3-8-30-21(27)18-4-6-19(7-5-18)25-20(26)14-31-22(28)23-10-16-9-17(11-23)13-24(29,12-16)15-23/h4-7,16-17,29H,2-3,8-15H2,1H3,(H,25,26)/t16-,17+,23?,24?. The van der Waals surface area contributed by atoms with Crippen molar-refractivity contribution in [1.82, 2.24) is 0 Å². The summed E-state index contributed by atoms with van der Waals surface area (Å²) in [7, 11) is 0. The van der Waals surface area contributed by atoms with Gasteiger partial charge in [0.05, 0.1) is 23.2 Å². The SMILES string of the molecule is CCCCOC(=O)c1ccc(NC(=O)COC(=O)C23C[C@@H]4C[C@@H](CC(O)(C4)C2)C3)cc1. The molecule has 0 aromatic heterocycles. The lowest BCUT2D eigenvalue weighted by molar-refractivity contribution is -0.196. The molecule has 4 aliphatic rings. The fourth-order valence-electron chi connectivity index (χ4n) is 6.02. The average Bonchev–Trinajstić information content (AvgIpc) is 2.71. The molecule has 4 bridgehead atoms. The number of nitrogens with one attached hydrogen (secondary N) is 1. The van der Waals surface area contributed by atoms with Crippen LogP contribution >= 0.6 is 0 Å². The van der Waals surface area contributed by atoms with Crippen molar-refractivity contribution in [3.8, 4) is 0 Å². The number of esters is 2. The van der Waals surface area contributed by atoms with Gasteiger partial charge >= 0.3 is 11.9 Å². The van der Waals surface area contributed by atoms with Gasteiger partial charge in [-0.1, -0.05) is 13.3 Å². The maximum atomic E-state index is 12.9. The average molecular weight is 430 g/mol. The molecule has 7 heteroatoms. The van der Waals surface area contributed by atoms with E-state index in [2.05, 4.69) is 5.32 Å². The van der Waals surface area contributed by atoms with Crippen molar-refractivity contribution >= 4 is 23.5 Å². The van der Waals surface area contributed by atoms with Crippen molar-refractivity contribution in [2.24, 2.45) is 17.3 Å². The molecule has 2 N–H and O–H groups in total. The number of hydrogen-bond acceptors (Lipinski definition) is 6. The van der Waals surface area contributed by atoms with Gasteiger partial charge in [0, 0.05) is 5.69 Å². The van der Waals surface area contributed by atoms with Gasteiger partial charge < -0.3 is 19.9 Å². The summed E-state index contributed by atoms with van der Waals surface area (Å²) >= 11 is 0. The van der Waals surface area contributed by atoms with Gasteiger partial charge in [-0.2, -0.15) is 0 Å². The van der Waals surface area contributed by atoms with E-state index in [9.17, 15) is 19.5 Å². The van der Waals surface area contributed by atoms with Gasteiger partial charge in [-0.05, 0) is 81.0 Å². The Kier molecular flexibility index (Phi) is 6.06. The van der Waals surface area contributed by atoms with Crippen molar-refractivity contribution in [2.45, 2.75) is 63.9 Å². The molecular formula is C24H31NO6. The highest BCUT2D eigenvalue weighted by atomic mass is 16.5. The molecule has 5 rings (SSSR count). The van der Waals surface area contributed by atoms with Crippen LogP contribution in [0.25, 0.3) is 0 Å². The molecule has 4 atom stereocenters. The number of ether oxygens (including phenoxy) is 2. The van der Waals surface area contributed by atoms with E-state index in [0.29, 0.717) is 36.1 Å². The van der Waals surface area contributed by atoms with Crippen LogP contribution in [0.15, 0.2) is 24.3 Å². The first kappa shape index (κ1) is 21.8. The molecule has 0 spiro atoms. The first-order valence-corrected chi connectivity index (χ1v) is 11.3. The second-order valence-electron chi connectivity index (χ2n) is 9.66. The molecule has 4 fully saturated rings. The third kappa shape index (κ3) is 4.76. The molecule has 168 valence electrons. The molecule has 1 amide bonds. The van der Waals surface area contributed by atoms with Gasteiger partial charge in [-0.3, -0.25) is 9.59 Å². The first-order valence-electron chi connectivity index (χ1n) is 11.3. The smallest absolute Gasteiger partial charge is 0.338 e. The fraction of sp³-hybridized carbons (Fsp3) is 0.625. The van der Waals surface area contributed by atoms with Gasteiger partial charge in [0.15, 0.2) is 6.61 Å². The largest absolute Gasteiger partial charge is 0.462 e. The Morgan fingerprint density at radius 1 is 1.06 bits per heavy atom. The predicted octanol–water partition coefficient (Wildman–Crippen LogP) is 3.46. The third-order valence-corrected chi connectivity index (χ3v) is 6.93. The zero-order valence-corrected chi connectivity index (χ0v) is 18.0. The second-order valence-corrected chi connectivity index (χ2v) is 9.66. The van der Waals surface area contributed by atoms with Crippen LogP contribution in [-0.4, -0.2) is 41.8 Å². The van der Waals surface area contributed by atoms with E-state index in [1.165, 1.54) is 0 Å². The molecule has 0 radical (unpaired) electrons. The van der Waals surface area contributed by atoms with Gasteiger partial charge in [-0.15, -0.1) is 0 Å². The van der Waals surface area contributed by atoms with E-state index < -0.39 is 22.9 Å². The summed E-state index contributed by atoms with van der Waals surface area (Å²) in [6, 6.07) is 6.41. The Bertz CT molecular complexity index is 834. The number of carbonyl (C=O) groups excluding carboxylic acids is 3. The third-order valence-electron chi connectivity index (χ3n) is 6.93. The normalized spacial score (nSPS) is 30.6. The minimum Gasteiger partial charge on any atom is -0.462 e. The van der Waals surface area contributed by atoms with Crippen LogP contribution in [-0.2, 0) is 19.1 Å². The van der Waals surface area contributed by atoms with E-state index in [0.717, 1.165) is 44.9 Å². The summed E-state index contributed by atoms with van der Waals surface area (Å²) in [6.45, 7) is 2.05. The van der Waals surface area contributed by atoms with E-state index in [1.807, 2.05) is 6.92 Å². The van der Waals surface area contributed by atoms with Crippen LogP contribution in [0.1, 0.15) is 68.6 Å². The van der Waals surface area contributed by atoms with Gasteiger partial charge in [-0.25, -0.2) is 4.79 Å². The molecule has 0 heterocycles. The highest BCUT2D eigenvalue weighted by Crippen LogP contribution is 2.61. The summed E-state index contributed by atoms with van der Waals surface area (Å²) in [5.74, 6) is -0.437. The van der Waals surface area contributed by atoms with Crippen LogP contribution in [0, 0.1) is 17.3 Å². The number of carbonyl (C=O) groups is 3. The molecule has 7 nitrogen and oxygen atoms in total. The predicted molar refractivity (Wildman–Crippen MR) is 113 cm³/mol. The molecule has 4 aliphatic carbocycles. The monoisotopic (exact) mass is 429 g/mol. The van der Waals surface area contributed by atoms with Crippen LogP contribution in [0.4, 0.5) is 5.69 Å². The summed E-state index contributed by atoms with van der Waals surface area (Å²) < 4.78 is 10.5. The minimum absolute atomic E-state index is 0.361. The van der Waals surface area contributed by atoms with Crippen molar-refractivity contribution < 1.29 is 29.0 Å². The summed E-state index contributed by atoms with van der Waals surface area (Å²) in [4.78, 5) is 37.1. The van der Waals surface area contributed by atoms with Crippen LogP contribution in [0.5, 0.6) is 0 Å². The van der Waals surface area contributed by atoms with E-state index in [-0.39, 0.29) is 12.6 Å². The Hall–Kier alpha value is -2.41. The van der Waals surface area contributed by atoms with E-state index in [1.54, 1.807) is 24.3 Å². The van der Waals surface area contributed by atoms with Gasteiger partial charge in [0.1, 0.15) is 0 Å². The summed E-state index contributed by atoms with van der Waals surface area (Å²) in [5, 5.41) is 13.5. The quantitative estimate of drug-likeness (QED) is 0.485. The number of hydrogen-bond donors (Lipinski definition) is 2. The Balaban J connectivity index is 1.27. The lowest BCUT2D eigenvalue weighted by Gasteiger charge is -2.58. The molecule has 1 aromatic carbocycles. The first-order chi connectivity index (χ1) is 14.8. The maximum Gasteiger partial charge on any atom is 0.338 e.